The van der Waals surface area contributed by atoms with Crippen molar-refractivity contribution in [3.63, 3.8) is 0 Å². The lowest BCUT2D eigenvalue weighted by Crippen LogP contribution is -2.55. The number of hydrogen-bond donors (Lipinski definition) is 2. The molecule has 2 N–H and O–H groups in total. The van der Waals surface area contributed by atoms with Gasteiger partial charge in [0.15, 0.2) is 6.10 Å². The minimum atomic E-state index is -0.999. The lowest BCUT2D eigenvalue weighted by Gasteiger charge is -2.39. The van der Waals surface area contributed by atoms with E-state index in [9.17, 15) is 14.7 Å². The highest BCUT2D eigenvalue weighted by Crippen LogP contribution is 2.14. The Hall–Kier alpha value is -1.38. The number of ether oxygens (including phenoxy) is 2. The number of carbonyl (C=O) groups excluding carboxylic acids is 1. The van der Waals surface area contributed by atoms with Crippen LogP contribution in [0.2, 0.25) is 0 Å². The molecule has 2 atom stereocenters. The second-order valence-electron chi connectivity index (χ2n) is 7.68. The molecule has 0 spiro atoms. The van der Waals surface area contributed by atoms with Crippen LogP contribution in [0.3, 0.4) is 0 Å². The van der Waals surface area contributed by atoms with Gasteiger partial charge in [0.05, 0.1) is 19.3 Å². The van der Waals surface area contributed by atoms with Crippen molar-refractivity contribution in [3.8, 4) is 0 Å². The van der Waals surface area contributed by atoms with E-state index in [2.05, 4.69) is 0 Å². The average molecular weight is 360 g/mol. The fraction of sp³-hybridized carbons (Fsp3) is 0.882. The molecule has 0 aromatic heterocycles. The summed E-state index contributed by atoms with van der Waals surface area (Å²) in [7, 11) is 0. The van der Waals surface area contributed by atoms with E-state index in [0.29, 0.717) is 26.2 Å². The molecule has 1 aliphatic heterocycles. The largest absolute Gasteiger partial charge is 0.479 e. The summed E-state index contributed by atoms with van der Waals surface area (Å²) in [5, 5.41) is 18.8. The van der Waals surface area contributed by atoms with Gasteiger partial charge < -0.3 is 24.6 Å². The maximum absolute atomic E-state index is 12.1. The molecule has 1 saturated heterocycles. The van der Waals surface area contributed by atoms with Crippen molar-refractivity contribution in [2.75, 3.05) is 39.4 Å². The fourth-order valence-corrected chi connectivity index (χ4v) is 2.63. The Morgan fingerprint density at radius 2 is 1.68 bits per heavy atom. The number of carbonyl (C=O) groups is 2. The Labute approximate surface area is 149 Å². The average Bonchev–Trinajstić information content (AvgIpc) is 2.49. The van der Waals surface area contributed by atoms with E-state index in [1.165, 1.54) is 0 Å². The normalized spacial score (nSPS) is 18.9. The summed E-state index contributed by atoms with van der Waals surface area (Å²) in [6, 6.07) is -0.290. The van der Waals surface area contributed by atoms with Crippen LogP contribution in [0, 0.1) is 5.92 Å². The first kappa shape index (κ1) is 21.7. The van der Waals surface area contributed by atoms with Crippen molar-refractivity contribution in [3.05, 3.63) is 0 Å². The van der Waals surface area contributed by atoms with Crippen LogP contribution in [0.15, 0.2) is 0 Å². The van der Waals surface area contributed by atoms with E-state index < -0.39 is 17.7 Å². The summed E-state index contributed by atoms with van der Waals surface area (Å²) in [5.41, 5.74) is -0.529. The van der Waals surface area contributed by atoms with E-state index in [-0.39, 0.29) is 31.3 Å². The highest BCUT2D eigenvalue weighted by Gasteiger charge is 2.30. The lowest BCUT2D eigenvalue weighted by molar-refractivity contribution is -0.155. The van der Waals surface area contributed by atoms with E-state index in [4.69, 9.17) is 14.6 Å². The zero-order chi connectivity index (χ0) is 19.2. The number of rotatable bonds is 7. The third kappa shape index (κ3) is 7.17. The van der Waals surface area contributed by atoms with Crippen molar-refractivity contribution in [2.24, 2.45) is 5.92 Å². The second kappa shape index (κ2) is 9.35. The number of aliphatic hydroxyl groups is 1. The molecule has 0 aliphatic carbocycles. The molecule has 25 heavy (non-hydrogen) atoms. The van der Waals surface area contributed by atoms with Crippen LogP contribution in [0.1, 0.15) is 34.6 Å². The van der Waals surface area contributed by atoms with Gasteiger partial charge in [0.1, 0.15) is 5.60 Å². The maximum Gasteiger partial charge on any atom is 0.410 e. The monoisotopic (exact) mass is 360 g/mol. The predicted octanol–water partition coefficient (Wildman–Crippen LogP) is 1.03. The Morgan fingerprint density at radius 1 is 1.12 bits per heavy atom. The zero-order valence-electron chi connectivity index (χ0n) is 15.9. The van der Waals surface area contributed by atoms with Gasteiger partial charge in [-0.15, -0.1) is 0 Å². The number of amides is 1. The molecule has 1 rings (SSSR count). The Morgan fingerprint density at radius 3 is 2.08 bits per heavy atom. The molecule has 0 aromatic carbocycles. The van der Waals surface area contributed by atoms with Crippen molar-refractivity contribution >= 4 is 12.1 Å². The second-order valence-corrected chi connectivity index (χ2v) is 7.68. The molecule has 1 amide bonds. The molecular weight excluding hydrogens is 328 g/mol. The van der Waals surface area contributed by atoms with Gasteiger partial charge in [-0.05, 0) is 26.7 Å². The van der Waals surface area contributed by atoms with Crippen LogP contribution in [0.4, 0.5) is 4.79 Å². The number of aliphatic hydroxyl groups excluding tert-OH is 1. The van der Waals surface area contributed by atoms with Crippen LogP contribution < -0.4 is 0 Å². The minimum Gasteiger partial charge on any atom is -0.479 e. The fourth-order valence-electron chi connectivity index (χ4n) is 2.63. The first-order valence-corrected chi connectivity index (χ1v) is 8.72. The van der Waals surface area contributed by atoms with Gasteiger partial charge in [0, 0.05) is 26.2 Å². The predicted molar refractivity (Wildman–Crippen MR) is 92.5 cm³/mol. The summed E-state index contributed by atoms with van der Waals surface area (Å²) in [6.45, 7) is 11.2. The molecule has 1 heterocycles. The molecule has 146 valence electrons. The van der Waals surface area contributed by atoms with Gasteiger partial charge in [0.25, 0.3) is 0 Å². The van der Waals surface area contributed by atoms with Gasteiger partial charge in [0.2, 0.25) is 0 Å². The molecule has 0 bridgehead atoms. The van der Waals surface area contributed by atoms with Crippen LogP contribution in [-0.2, 0) is 14.3 Å². The molecule has 0 radical (unpaired) electrons. The number of aliphatic carboxylic acids is 1. The number of piperazine rings is 1. The smallest absolute Gasteiger partial charge is 0.410 e. The van der Waals surface area contributed by atoms with Gasteiger partial charge >= 0.3 is 12.1 Å². The number of carboxylic acid groups (broad SMARTS) is 1. The van der Waals surface area contributed by atoms with Crippen molar-refractivity contribution < 1.29 is 29.3 Å². The first-order chi connectivity index (χ1) is 11.5. The molecule has 1 fully saturated rings. The summed E-state index contributed by atoms with van der Waals surface area (Å²) in [4.78, 5) is 26.9. The van der Waals surface area contributed by atoms with Crippen molar-refractivity contribution in [1.29, 1.82) is 0 Å². The van der Waals surface area contributed by atoms with Gasteiger partial charge in [-0.3, -0.25) is 4.90 Å². The van der Waals surface area contributed by atoms with Crippen LogP contribution in [-0.4, -0.2) is 89.2 Å². The quantitative estimate of drug-likeness (QED) is 0.699. The zero-order valence-corrected chi connectivity index (χ0v) is 15.9. The summed E-state index contributed by atoms with van der Waals surface area (Å²) < 4.78 is 10.9. The Kier molecular flexibility index (Phi) is 8.11. The highest BCUT2D eigenvalue weighted by molar-refractivity contribution is 5.72. The van der Waals surface area contributed by atoms with Crippen molar-refractivity contribution in [2.45, 2.75) is 52.4 Å². The summed E-state index contributed by atoms with van der Waals surface area (Å²) in [5.74, 6) is -1.15. The van der Waals surface area contributed by atoms with Crippen LogP contribution >= 0.6 is 0 Å². The first-order valence-electron chi connectivity index (χ1n) is 8.72. The van der Waals surface area contributed by atoms with E-state index in [0.717, 1.165) is 0 Å². The van der Waals surface area contributed by atoms with Gasteiger partial charge in [-0.2, -0.15) is 0 Å². The number of nitrogens with zero attached hydrogens (tertiary/aromatic N) is 2. The number of hydrogen-bond acceptors (Lipinski definition) is 6. The molecule has 0 saturated carbocycles. The van der Waals surface area contributed by atoms with Gasteiger partial charge in [-0.1, -0.05) is 13.8 Å². The molecule has 1 aliphatic rings. The molecule has 0 unspecified atom stereocenters. The third-order valence-electron chi connectivity index (χ3n) is 4.01. The lowest BCUT2D eigenvalue weighted by atomic mass is 10.1. The molecule has 8 nitrogen and oxygen atoms in total. The Bertz CT molecular complexity index is 441. The van der Waals surface area contributed by atoms with Crippen LogP contribution in [0.25, 0.3) is 0 Å². The van der Waals surface area contributed by atoms with Crippen LogP contribution in [0.5, 0.6) is 0 Å². The maximum atomic E-state index is 12.1. The standard InChI is InChI=1S/C17H32N2O6/c1-12(2)14(15(21)22)24-11-13(10-20)18-6-8-19(9-7-18)16(23)25-17(3,4)5/h12-14,20H,6-11H2,1-5H3,(H,21,22)/t13-,14+/m1/s1. The van der Waals surface area contributed by atoms with Gasteiger partial charge in [-0.25, -0.2) is 9.59 Å². The van der Waals surface area contributed by atoms with E-state index in [1.54, 1.807) is 18.7 Å². The molecule has 8 heteroatoms. The molecular formula is C17H32N2O6. The molecule has 0 aromatic rings. The third-order valence-corrected chi connectivity index (χ3v) is 4.01. The summed E-state index contributed by atoms with van der Waals surface area (Å²) >= 11 is 0. The Balaban J connectivity index is 2.50. The topological polar surface area (TPSA) is 99.5 Å². The SMILES string of the molecule is CC(C)[C@H](OC[C@@H](CO)N1CCN(C(=O)OC(C)(C)C)CC1)C(=O)O. The number of carboxylic acids is 1. The van der Waals surface area contributed by atoms with E-state index >= 15 is 0 Å². The van der Waals surface area contributed by atoms with E-state index in [1.807, 2.05) is 25.7 Å². The van der Waals surface area contributed by atoms with Crippen molar-refractivity contribution in [1.82, 2.24) is 9.80 Å². The summed E-state index contributed by atoms with van der Waals surface area (Å²) in [6.07, 6.45) is -1.23. The minimum absolute atomic E-state index is 0.128. The highest BCUT2D eigenvalue weighted by atomic mass is 16.6.